The van der Waals surface area contributed by atoms with Crippen LogP contribution in [0.3, 0.4) is 0 Å². The predicted molar refractivity (Wildman–Crippen MR) is 107 cm³/mol. The molecule has 0 fully saturated rings. The van der Waals surface area contributed by atoms with Crippen LogP contribution in [0.4, 0.5) is 0 Å². The Hall–Kier alpha value is -2.88. The minimum atomic E-state index is -0.575. The van der Waals surface area contributed by atoms with E-state index in [9.17, 15) is 9.59 Å². The highest BCUT2D eigenvalue weighted by molar-refractivity contribution is 6.09. The van der Waals surface area contributed by atoms with E-state index in [1.807, 2.05) is 38.2 Å². The molecule has 0 unspecified atom stereocenters. The first kappa shape index (κ1) is 20.4. The van der Waals surface area contributed by atoms with Crippen molar-refractivity contribution in [3.05, 3.63) is 81.5 Å². The lowest BCUT2D eigenvalue weighted by molar-refractivity contribution is -0.139. The molecule has 4 heteroatoms. The van der Waals surface area contributed by atoms with Crippen LogP contribution in [0, 0.1) is 5.92 Å². The molecule has 2 aliphatic carbocycles. The third kappa shape index (κ3) is 4.11. The Balaban J connectivity index is 2.96. The number of esters is 2. The number of ether oxygens (including phenoxy) is 2. The van der Waals surface area contributed by atoms with E-state index in [1.165, 1.54) is 14.2 Å². The monoisotopic (exact) mass is 366 g/mol. The summed E-state index contributed by atoms with van der Waals surface area (Å²) in [5, 5.41) is 0. The maximum absolute atomic E-state index is 12.7. The van der Waals surface area contributed by atoms with Gasteiger partial charge in [0.2, 0.25) is 0 Å². The SMILES string of the molecule is C/C=C/C1=CC=C(C(C)C)C=C2C(C)=CC=C(C(=O)OC)C(C(=O)OC)=C12. The summed E-state index contributed by atoms with van der Waals surface area (Å²) < 4.78 is 9.95. The Morgan fingerprint density at radius 3 is 2.22 bits per heavy atom. The molecule has 0 saturated heterocycles. The number of methoxy groups -OCH3 is 2. The zero-order valence-electron chi connectivity index (χ0n) is 16.8. The maximum Gasteiger partial charge on any atom is 0.339 e. The molecule has 0 N–H and O–H groups in total. The molecule has 27 heavy (non-hydrogen) atoms. The van der Waals surface area contributed by atoms with Crippen molar-refractivity contribution in [1.82, 2.24) is 0 Å². The Morgan fingerprint density at radius 2 is 1.67 bits per heavy atom. The molecule has 4 nitrogen and oxygen atoms in total. The van der Waals surface area contributed by atoms with E-state index in [0.717, 1.165) is 22.3 Å². The summed E-state index contributed by atoms with van der Waals surface area (Å²) in [5.41, 5.74) is 4.90. The molecule has 0 aromatic heterocycles. The Kier molecular flexibility index (Phi) is 6.56. The molecule has 0 saturated carbocycles. The van der Waals surface area contributed by atoms with Crippen LogP contribution >= 0.6 is 0 Å². The number of hydrogen-bond acceptors (Lipinski definition) is 4. The number of rotatable bonds is 4. The average molecular weight is 366 g/mol. The van der Waals surface area contributed by atoms with Gasteiger partial charge in [-0.25, -0.2) is 9.59 Å². The molecule has 2 rings (SSSR count). The first-order chi connectivity index (χ1) is 12.8. The van der Waals surface area contributed by atoms with Crippen molar-refractivity contribution in [2.75, 3.05) is 14.2 Å². The molecule has 0 amide bonds. The summed E-state index contributed by atoms with van der Waals surface area (Å²) in [6.07, 6.45) is 13.4. The third-order valence-electron chi connectivity index (χ3n) is 4.58. The van der Waals surface area contributed by atoms with E-state index in [4.69, 9.17) is 9.47 Å². The van der Waals surface area contributed by atoms with Gasteiger partial charge in [-0.15, -0.1) is 0 Å². The summed E-state index contributed by atoms with van der Waals surface area (Å²) in [4.78, 5) is 25.2. The first-order valence-electron chi connectivity index (χ1n) is 8.92. The van der Waals surface area contributed by atoms with Gasteiger partial charge in [0.05, 0.1) is 25.4 Å². The second-order valence-electron chi connectivity index (χ2n) is 6.66. The lowest BCUT2D eigenvalue weighted by atomic mass is 9.86. The van der Waals surface area contributed by atoms with Gasteiger partial charge in [0.1, 0.15) is 0 Å². The van der Waals surface area contributed by atoms with Crippen LogP contribution < -0.4 is 0 Å². The fourth-order valence-electron chi connectivity index (χ4n) is 3.09. The quantitative estimate of drug-likeness (QED) is 0.686. The van der Waals surface area contributed by atoms with Crippen LogP contribution in [0.15, 0.2) is 81.5 Å². The van der Waals surface area contributed by atoms with Crippen molar-refractivity contribution in [3.63, 3.8) is 0 Å². The smallest absolute Gasteiger partial charge is 0.339 e. The average Bonchev–Trinajstić information content (AvgIpc) is 2.92. The summed E-state index contributed by atoms with van der Waals surface area (Å²) in [5.74, 6) is -0.834. The maximum atomic E-state index is 12.7. The Labute approximate surface area is 160 Å². The van der Waals surface area contributed by atoms with Crippen molar-refractivity contribution in [1.29, 1.82) is 0 Å². The van der Waals surface area contributed by atoms with Gasteiger partial charge in [-0.2, -0.15) is 0 Å². The largest absolute Gasteiger partial charge is 0.465 e. The van der Waals surface area contributed by atoms with E-state index >= 15 is 0 Å². The number of allylic oxidation sites excluding steroid dienone is 12. The highest BCUT2D eigenvalue weighted by Gasteiger charge is 2.31. The molecule has 0 spiro atoms. The topological polar surface area (TPSA) is 52.6 Å². The number of carbonyl (C=O) groups excluding carboxylic acids is 2. The third-order valence-corrected chi connectivity index (χ3v) is 4.58. The Bertz CT molecular complexity index is 868. The number of hydrogen-bond donors (Lipinski definition) is 0. The normalized spacial score (nSPS) is 17.2. The molecule has 0 bridgehead atoms. The zero-order valence-corrected chi connectivity index (χ0v) is 16.8. The standard InChI is InChI=1S/C23H26O4/c1-7-8-16-10-11-17(14(2)3)13-19-15(4)9-12-18(22(24)26-5)21(20(16)19)23(25)27-6/h7-14H,1-6H3/b8-7+. The molecule has 0 radical (unpaired) electrons. The summed E-state index contributed by atoms with van der Waals surface area (Å²) in [6, 6.07) is 0. The van der Waals surface area contributed by atoms with E-state index in [2.05, 4.69) is 26.0 Å². The summed E-state index contributed by atoms with van der Waals surface area (Å²) >= 11 is 0. The minimum Gasteiger partial charge on any atom is -0.465 e. The minimum absolute atomic E-state index is 0.186. The number of carbonyl (C=O) groups is 2. The van der Waals surface area contributed by atoms with E-state index in [1.54, 1.807) is 6.08 Å². The van der Waals surface area contributed by atoms with E-state index in [-0.39, 0.29) is 11.1 Å². The molecule has 142 valence electrons. The van der Waals surface area contributed by atoms with Crippen molar-refractivity contribution in [3.8, 4) is 0 Å². The fraction of sp³-hybridized carbons (Fsp3) is 0.304. The van der Waals surface area contributed by atoms with Crippen molar-refractivity contribution >= 4 is 11.9 Å². The molecule has 0 aromatic carbocycles. The van der Waals surface area contributed by atoms with Gasteiger partial charge in [-0.05, 0) is 48.1 Å². The molecule has 0 atom stereocenters. The van der Waals surface area contributed by atoms with Gasteiger partial charge in [0, 0.05) is 5.57 Å². The van der Waals surface area contributed by atoms with E-state index in [0.29, 0.717) is 11.5 Å². The van der Waals surface area contributed by atoms with Crippen molar-refractivity contribution < 1.29 is 19.1 Å². The van der Waals surface area contributed by atoms with Gasteiger partial charge < -0.3 is 9.47 Å². The molecule has 2 aliphatic rings. The highest BCUT2D eigenvalue weighted by Crippen LogP contribution is 2.38. The van der Waals surface area contributed by atoms with Gasteiger partial charge >= 0.3 is 11.9 Å². The van der Waals surface area contributed by atoms with Crippen LogP contribution in [-0.2, 0) is 19.1 Å². The van der Waals surface area contributed by atoms with Crippen LogP contribution in [-0.4, -0.2) is 26.2 Å². The summed E-state index contributed by atoms with van der Waals surface area (Å²) in [6.45, 7) is 8.12. The van der Waals surface area contributed by atoms with Crippen molar-refractivity contribution in [2.24, 2.45) is 5.92 Å². The summed E-state index contributed by atoms with van der Waals surface area (Å²) in [7, 11) is 2.61. The number of fused-ring (bicyclic) bond motifs is 1. The molecule has 0 aliphatic heterocycles. The lowest BCUT2D eigenvalue weighted by Crippen LogP contribution is -2.17. The molecule has 0 heterocycles. The molecule has 0 aromatic rings. The second kappa shape index (κ2) is 8.67. The lowest BCUT2D eigenvalue weighted by Gasteiger charge is -2.18. The van der Waals surface area contributed by atoms with Crippen LogP contribution in [0.25, 0.3) is 0 Å². The molecular formula is C23H26O4. The van der Waals surface area contributed by atoms with Gasteiger partial charge in [0.15, 0.2) is 0 Å². The van der Waals surface area contributed by atoms with Crippen LogP contribution in [0.5, 0.6) is 0 Å². The first-order valence-corrected chi connectivity index (χ1v) is 8.92. The van der Waals surface area contributed by atoms with Gasteiger partial charge in [0.25, 0.3) is 0 Å². The van der Waals surface area contributed by atoms with Gasteiger partial charge in [-0.3, -0.25) is 0 Å². The van der Waals surface area contributed by atoms with E-state index < -0.39 is 11.9 Å². The van der Waals surface area contributed by atoms with Gasteiger partial charge in [-0.1, -0.05) is 50.3 Å². The van der Waals surface area contributed by atoms with Crippen LogP contribution in [0.1, 0.15) is 27.7 Å². The Morgan fingerprint density at radius 1 is 1.00 bits per heavy atom. The highest BCUT2D eigenvalue weighted by atomic mass is 16.5. The second-order valence-corrected chi connectivity index (χ2v) is 6.66. The zero-order chi connectivity index (χ0) is 20.1. The predicted octanol–water partition coefficient (Wildman–Crippen LogP) is 4.54. The fourth-order valence-corrected chi connectivity index (χ4v) is 3.09. The van der Waals surface area contributed by atoms with Crippen LogP contribution in [0.2, 0.25) is 0 Å². The molecular weight excluding hydrogens is 340 g/mol. The van der Waals surface area contributed by atoms with Crippen molar-refractivity contribution in [2.45, 2.75) is 27.7 Å².